The first kappa shape index (κ1) is 14.7. The van der Waals surface area contributed by atoms with Crippen molar-refractivity contribution in [2.24, 2.45) is 11.7 Å². The second-order valence-electron chi connectivity index (χ2n) is 5.08. The molecule has 3 N–H and O–H groups in total. The molecule has 0 radical (unpaired) electrons. The largest absolute Gasteiger partial charge is 0.443 e. The average molecular weight is 293 g/mol. The third-order valence-corrected chi connectivity index (χ3v) is 3.65. The minimum Gasteiger partial charge on any atom is -0.443 e. The molecule has 6 heteroatoms. The molecule has 0 spiro atoms. The van der Waals surface area contributed by atoms with E-state index in [4.69, 9.17) is 10.2 Å². The van der Waals surface area contributed by atoms with E-state index >= 15 is 0 Å². The predicted octanol–water partition coefficient (Wildman–Crippen LogP) is 2.39. The zero-order chi connectivity index (χ0) is 14.5. The number of aromatic nitrogens is 1. The lowest BCUT2D eigenvalue weighted by Crippen LogP contribution is -2.41. The highest BCUT2D eigenvalue weighted by atomic mass is 32.1. The first-order valence-electron chi connectivity index (χ1n) is 6.58. The molecule has 0 aliphatic heterocycles. The molecule has 0 fully saturated rings. The molecule has 0 aliphatic carbocycles. The molecule has 1 atom stereocenters. The zero-order valence-corrected chi connectivity index (χ0v) is 12.4. The summed E-state index contributed by atoms with van der Waals surface area (Å²) in [5.74, 6) is 0.823. The second kappa shape index (κ2) is 6.67. The molecule has 0 aromatic carbocycles. The van der Waals surface area contributed by atoms with Gasteiger partial charge in [0.2, 0.25) is 11.8 Å². The first-order valence-corrected chi connectivity index (χ1v) is 7.45. The molecule has 108 valence electrons. The van der Waals surface area contributed by atoms with Gasteiger partial charge in [-0.05, 0) is 23.8 Å². The van der Waals surface area contributed by atoms with E-state index in [1.807, 2.05) is 31.4 Å². The van der Waals surface area contributed by atoms with E-state index < -0.39 is 6.04 Å². The smallest absolute Gasteiger partial charge is 0.237 e. The van der Waals surface area contributed by atoms with Crippen LogP contribution in [-0.2, 0) is 11.3 Å². The van der Waals surface area contributed by atoms with Crippen LogP contribution in [0.1, 0.15) is 26.0 Å². The summed E-state index contributed by atoms with van der Waals surface area (Å²) in [5, 5.41) is 4.74. The molecule has 2 heterocycles. The Balaban J connectivity index is 1.87. The van der Waals surface area contributed by atoms with Gasteiger partial charge in [-0.2, -0.15) is 0 Å². The van der Waals surface area contributed by atoms with Crippen LogP contribution in [0.2, 0.25) is 0 Å². The van der Waals surface area contributed by atoms with Crippen LogP contribution in [0.25, 0.3) is 10.8 Å². The molecule has 2 aromatic heterocycles. The zero-order valence-electron chi connectivity index (χ0n) is 11.6. The van der Waals surface area contributed by atoms with Crippen molar-refractivity contribution in [1.29, 1.82) is 0 Å². The van der Waals surface area contributed by atoms with E-state index in [1.54, 1.807) is 17.6 Å². The Morgan fingerprint density at radius 2 is 2.35 bits per heavy atom. The predicted molar refractivity (Wildman–Crippen MR) is 79.1 cm³/mol. The molecule has 5 nitrogen and oxygen atoms in total. The molecule has 0 saturated heterocycles. The van der Waals surface area contributed by atoms with Gasteiger partial charge in [-0.15, -0.1) is 11.3 Å². The van der Waals surface area contributed by atoms with Crippen molar-refractivity contribution in [1.82, 2.24) is 10.3 Å². The number of amides is 1. The Kier molecular flexibility index (Phi) is 4.92. The molecule has 20 heavy (non-hydrogen) atoms. The summed E-state index contributed by atoms with van der Waals surface area (Å²) >= 11 is 1.56. The number of carbonyl (C=O) groups excluding carboxylic acids is 1. The van der Waals surface area contributed by atoms with Crippen molar-refractivity contribution < 1.29 is 9.21 Å². The fourth-order valence-corrected chi connectivity index (χ4v) is 2.48. The molecule has 0 aliphatic rings. The van der Waals surface area contributed by atoms with Crippen molar-refractivity contribution in [2.45, 2.75) is 32.9 Å². The van der Waals surface area contributed by atoms with E-state index in [9.17, 15) is 4.79 Å². The standard InChI is InChI=1S/C14H19N3O2S/c1-9(2)6-11(15)13(18)16-7-10-8-19-14(17-10)12-4-3-5-20-12/h3-5,8-9,11H,6-7,15H2,1-2H3,(H,16,18)/t11-/m0/s1. The summed E-state index contributed by atoms with van der Waals surface area (Å²) in [6.45, 7) is 4.41. The third-order valence-electron chi connectivity index (χ3n) is 2.79. The molecule has 0 unspecified atom stereocenters. The number of hydrogen-bond donors (Lipinski definition) is 2. The van der Waals surface area contributed by atoms with Gasteiger partial charge < -0.3 is 15.5 Å². The van der Waals surface area contributed by atoms with Crippen LogP contribution >= 0.6 is 11.3 Å². The maximum Gasteiger partial charge on any atom is 0.237 e. The fourth-order valence-electron chi connectivity index (χ4n) is 1.83. The summed E-state index contributed by atoms with van der Waals surface area (Å²) in [7, 11) is 0. The number of oxazole rings is 1. The Hall–Kier alpha value is -1.66. The Bertz CT molecular complexity index is 549. The normalized spacial score (nSPS) is 12.6. The van der Waals surface area contributed by atoms with Gasteiger partial charge in [-0.3, -0.25) is 4.79 Å². The van der Waals surface area contributed by atoms with Crippen LogP contribution < -0.4 is 11.1 Å². The maximum absolute atomic E-state index is 11.8. The van der Waals surface area contributed by atoms with Gasteiger partial charge >= 0.3 is 0 Å². The monoisotopic (exact) mass is 293 g/mol. The number of nitrogens with zero attached hydrogens (tertiary/aromatic N) is 1. The van der Waals surface area contributed by atoms with Gasteiger partial charge in [0.15, 0.2) is 0 Å². The summed E-state index contributed by atoms with van der Waals surface area (Å²) in [5.41, 5.74) is 6.50. The van der Waals surface area contributed by atoms with Gasteiger partial charge in [-0.25, -0.2) is 4.98 Å². The van der Waals surface area contributed by atoms with Gasteiger partial charge in [0.1, 0.15) is 6.26 Å². The number of nitrogens with one attached hydrogen (secondary N) is 1. The molecule has 2 aromatic rings. The van der Waals surface area contributed by atoms with Crippen LogP contribution in [-0.4, -0.2) is 16.9 Å². The quantitative estimate of drug-likeness (QED) is 0.857. The van der Waals surface area contributed by atoms with E-state index in [1.165, 1.54) is 0 Å². The van der Waals surface area contributed by atoms with E-state index in [0.717, 1.165) is 4.88 Å². The average Bonchev–Trinajstić information content (AvgIpc) is 3.05. The Morgan fingerprint density at radius 3 is 3.00 bits per heavy atom. The SMILES string of the molecule is CC(C)C[C@H](N)C(=O)NCc1coc(-c2cccs2)n1. The highest BCUT2D eigenvalue weighted by molar-refractivity contribution is 7.13. The highest BCUT2D eigenvalue weighted by Crippen LogP contribution is 2.23. The first-order chi connectivity index (χ1) is 9.56. The lowest BCUT2D eigenvalue weighted by molar-refractivity contribution is -0.122. The minimum atomic E-state index is -0.473. The topological polar surface area (TPSA) is 81.2 Å². The van der Waals surface area contributed by atoms with Crippen molar-refractivity contribution >= 4 is 17.2 Å². The Morgan fingerprint density at radius 1 is 1.55 bits per heavy atom. The number of thiophene rings is 1. The fraction of sp³-hybridized carbons (Fsp3) is 0.429. The number of carbonyl (C=O) groups is 1. The maximum atomic E-state index is 11.8. The minimum absolute atomic E-state index is 0.153. The second-order valence-corrected chi connectivity index (χ2v) is 6.02. The van der Waals surface area contributed by atoms with Crippen molar-refractivity contribution in [3.05, 3.63) is 29.5 Å². The van der Waals surface area contributed by atoms with Crippen molar-refractivity contribution in [2.75, 3.05) is 0 Å². The number of hydrogen-bond acceptors (Lipinski definition) is 5. The summed E-state index contributed by atoms with van der Waals surface area (Å²) in [6.07, 6.45) is 2.23. The summed E-state index contributed by atoms with van der Waals surface area (Å²) in [6, 6.07) is 3.41. The molecule has 0 bridgehead atoms. The van der Waals surface area contributed by atoms with Crippen LogP contribution in [0.5, 0.6) is 0 Å². The Labute approximate surface area is 122 Å². The lowest BCUT2D eigenvalue weighted by Gasteiger charge is -2.13. The van der Waals surface area contributed by atoms with E-state index in [0.29, 0.717) is 30.5 Å². The molecular weight excluding hydrogens is 274 g/mol. The van der Waals surface area contributed by atoms with E-state index in [-0.39, 0.29) is 5.91 Å². The van der Waals surface area contributed by atoms with Gasteiger partial charge in [-0.1, -0.05) is 19.9 Å². The van der Waals surface area contributed by atoms with Gasteiger partial charge in [0.05, 0.1) is 23.2 Å². The van der Waals surface area contributed by atoms with Crippen molar-refractivity contribution in [3.8, 4) is 10.8 Å². The molecule has 0 saturated carbocycles. The van der Waals surface area contributed by atoms with Crippen LogP contribution in [0, 0.1) is 5.92 Å². The third kappa shape index (κ3) is 3.91. The number of rotatable bonds is 6. The summed E-state index contributed by atoms with van der Waals surface area (Å²) in [4.78, 5) is 17.1. The van der Waals surface area contributed by atoms with Gasteiger partial charge in [0.25, 0.3) is 0 Å². The van der Waals surface area contributed by atoms with Crippen LogP contribution in [0.4, 0.5) is 0 Å². The highest BCUT2D eigenvalue weighted by Gasteiger charge is 2.15. The lowest BCUT2D eigenvalue weighted by atomic mass is 10.0. The van der Waals surface area contributed by atoms with Crippen LogP contribution in [0.15, 0.2) is 28.2 Å². The molecule has 2 rings (SSSR count). The molecule has 1 amide bonds. The van der Waals surface area contributed by atoms with Crippen LogP contribution in [0.3, 0.4) is 0 Å². The summed E-state index contributed by atoms with van der Waals surface area (Å²) < 4.78 is 5.38. The van der Waals surface area contributed by atoms with E-state index in [2.05, 4.69) is 10.3 Å². The van der Waals surface area contributed by atoms with Crippen molar-refractivity contribution in [3.63, 3.8) is 0 Å². The molecular formula is C14H19N3O2S. The number of nitrogens with two attached hydrogens (primary N) is 1. The van der Waals surface area contributed by atoms with Gasteiger partial charge in [0, 0.05) is 0 Å².